The third kappa shape index (κ3) is 2.14. The minimum absolute atomic E-state index is 0.0402. The van der Waals surface area contributed by atoms with Gasteiger partial charge in [0.2, 0.25) is 0 Å². The van der Waals surface area contributed by atoms with Gasteiger partial charge in [0, 0.05) is 24.1 Å². The highest BCUT2D eigenvalue weighted by Gasteiger charge is 2.25. The maximum absolute atomic E-state index is 11.5. The molecule has 0 atom stereocenters. The zero-order valence-electron chi connectivity index (χ0n) is 8.69. The zero-order valence-corrected chi connectivity index (χ0v) is 9.51. The van der Waals surface area contributed by atoms with Crippen LogP contribution in [0.5, 0.6) is 0 Å². The van der Waals surface area contributed by atoms with E-state index in [9.17, 15) is 13.2 Å². The first-order chi connectivity index (χ1) is 7.52. The van der Waals surface area contributed by atoms with Gasteiger partial charge < -0.3 is 10.7 Å². The molecule has 0 bridgehead atoms. The first-order valence-corrected chi connectivity index (χ1v) is 6.85. The number of hydrogen-bond donors (Lipinski definition) is 2. The molecule has 0 amide bonds. The monoisotopic (exact) mass is 243 g/mol. The second-order valence-corrected chi connectivity index (χ2v) is 6.01. The number of hydrogen-bond acceptors (Lipinski definition) is 5. The molecule has 16 heavy (non-hydrogen) atoms. The molecular weight excluding hydrogens is 230 g/mol. The molecule has 88 valence electrons. The van der Waals surface area contributed by atoms with Crippen molar-refractivity contribution in [1.29, 1.82) is 0 Å². The number of aromatic nitrogens is 2. The van der Waals surface area contributed by atoms with E-state index in [0.717, 1.165) is 0 Å². The van der Waals surface area contributed by atoms with Crippen LogP contribution in [-0.2, 0) is 28.4 Å². The highest BCUT2D eigenvalue weighted by atomic mass is 32.2. The summed E-state index contributed by atoms with van der Waals surface area (Å²) < 4.78 is 23.0. The van der Waals surface area contributed by atoms with E-state index >= 15 is 0 Å². The van der Waals surface area contributed by atoms with Gasteiger partial charge in [-0.15, -0.1) is 0 Å². The normalized spacial score (nSPS) is 18.1. The Balaban J connectivity index is 2.55. The fraction of sp³-hybridized carbons (Fsp3) is 0.556. The van der Waals surface area contributed by atoms with E-state index in [1.54, 1.807) is 0 Å². The average molecular weight is 243 g/mol. The molecule has 2 heterocycles. The quantitative estimate of drug-likeness (QED) is 0.674. The van der Waals surface area contributed by atoms with Crippen LogP contribution in [0.1, 0.15) is 17.0 Å². The molecule has 1 aliphatic heterocycles. The Morgan fingerprint density at radius 2 is 2.19 bits per heavy atom. The van der Waals surface area contributed by atoms with E-state index in [2.05, 4.69) is 9.97 Å². The van der Waals surface area contributed by atoms with Crippen LogP contribution in [0.4, 0.5) is 0 Å². The van der Waals surface area contributed by atoms with Gasteiger partial charge in [0.15, 0.2) is 9.84 Å². The minimum atomic E-state index is -3.05. The lowest BCUT2D eigenvalue weighted by Crippen LogP contribution is -2.28. The third-order valence-electron chi connectivity index (χ3n) is 2.62. The summed E-state index contributed by atoms with van der Waals surface area (Å²) in [5, 5.41) is 0. The molecule has 6 nitrogen and oxygen atoms in total. The Labute approximate surface area is 92.8 Å². The molecule has 1 aromatic heterocycles. The summed E-state index contributed by atoms with van der Waals surface area (Å²) in [6.45, 7) is 0.350. The summed E-state index contributed by atoms with van der Waals surface area (Å²) in [6, 6.07) is 0. The average Bonchev–Trinajstić information content (AvgIpc) is 2.19. The summed E-state index contributed by atoms with van der Waals surface area (Å²) in [5.74, 6) is 0.0451. The van der Waals surface area contributed by atoms with Crippen molar-refractivity contribution < 1.29 is 8.42 Å². The first kappa shape index (κ1) is 11.3. The Morgan fingerprint density at radius 3 is 2.88 bits per heavy atom. The van der Waals surface area contributed by atoms with Crippen molar-refractivity contribution in [1.82, 2.24) is 9.97 Å². The van der Waals surface area contributed by atoms with Crippen molar-refractivity contribution in [2.45, 2.75) is 18.6 Å². The molecule has 0 aliphatic carbocycles. The number of nitrogens with two attached hydrogens (primary N) is 1. The lowest BCUT2D eigenvalue weighted by molar-refractivity contribution is 0.589. The minimum Gasteiger partial charge on any atom is -0.330 e. The molecule has 0 fully saturated rings. The Bertz CT molecular complexity index is 562. The number of aromatic amines is 1. The molecule has 1 aliphatic rings. The summed E-state index contributed by atoms with van der Waals surface area (Å²) in [6.07, 6.45) is 0.786. The number of nitrogens with zero attached hydrogens (tertiary/aromatic N) is 1. The first-order valence-electron chi connectivity index (χ1n) is 5.03. The molecule has 0 saturated carbocycles. The number of nitrogens with one attached hydrogen (secondary N) is 1. The third-order valence-corrected chi connectivity index (χ3v) is 4.17. The van der Waals surface area contributed by atoms with E-state index in [1.807, 2.05) is 0 Å². The summed E-state index contributed by atoms with van der Waals surface area (Å²) in [4.78, 5) is 17.6. The maximum atomic E-state index is 11.5. The van der Waals surface area contributed by atoms with Gasteiger partial charge in [0.05, 0.1) is 17.2 Å². The predicted octanol–water partition coefficient (Wildman–Crippen LogP) is -1.26. The highest BCUT2D eigenvalue weighted by Crippen LogP contribution is 2.20. The van der Waals surface area contributed by atoms with E-state index in [1.165, 1.54) is 0 Å². The van der Waals surface area contributed by atoms with Crippen LogP contribution in [0.15, 0.2) is 4.79 Å². The van der Waals surface area contributed by atoms with Gasteiger partial charge in [-0.05, 0) is 6.54 Å². The summed E-state index contributed by atoms with van der Waals surface area (Å²) >= 11 is 0. The van der Waals surface area contributed by atoms with Gasteiger partial charge in [-0.1, -0.05) is 0 Å². The molecular formula is C9H13N3O3S. The molecule has 1 aromatic rings. The van der Waals surface area contributed by atoms with E-state index in [4.69, 9.17) is 5.73 Å². The topological polar surface area (TPSA) is 106 Å². The van der Waals surface area contributed by atoms with Gasteiger partial charge >= 0.3 is 5.69 Å². The highest BCUT2D eigenvalue weighted by molar-refractivity contribution is 7.90. The fourth-order valence-corrected chi connectivity index (χ4v) is 3.31. The van der Waals surface area contributed by atoms with Crippen molar-refractivity contribution in [3.8, 4) is 0 Å². The number of H-pyrrole nitrogens is 1. The van der Waals surface area contributed by atoms with Gasteiger partial charge in [-0.2, -0.15) is 4.98 Å². The number of rotatable bonds is 2. The zero-order chi connectivity index (χ0) is 11.8. The van der Waals surface area contributed by atoms with Gasteiger partial charge in [-0.25, -0.2) is 13.2 Å². The standard InChI is InChI=1S/C9H13N3O3S/c10-3-1-7-6-5-16(14,15)4-2-8(6)12-9(13)11-7/h1-5,10H2,(H,11,12,13). The summed E-state index contributed by atoms with van der Waals surface area (Å²) in [7, 11) is -3.05. The Kier molecular flexibility index (Phi) is 2.81. The number of aryl methyl sites for hydroxylation is 1. The van der Waals surface area contributed by atoms with Gasteiger partial charge in [-0.3, -0.25) is 0 Å². The molecule has 0 radical (unpaired) electrons. The van der Waals surface area contributed by atoms with E-state index in [-0.39, 0.29) is 11.5 Å². The van der Waals surface area contributed by atoms with Crippen molar-refractivity contribution in [2.75, 3.05) is 12.3 Å². The van der Waals surface area contributed by atoms with Crippen LogP contribution in [0.3, 0.4) is 0 Å². The molecule has 2 rings (SSSR count). The lowest BCUT2D eigenvalue weighted by Gasteiger charge is -2.17. The van der Waals surface area contributed by atoms with Gasteiger partial charge in [0.1, 0.15) is 0 Å². The van der Waals surface area contributed by atoms with Crippen molar-refractivity contribution in [2.24, 2.45) is 5.73 Å². The second-order valence-electron chi connectivity index (χ2n) is 3.83. The summed E-state index contributed by atoms with van der Waals surface area (Å²) in [5.41, 5.74) is 6.83. The molecule has 3 N–H and O–H groups in total. The Morgan fingerprint density at radius 1 is 1.44 bits per heavy atom. The van der Waals surface area contributed by atoms with Crippen LogP contribution in [0, 0.1) is 0 Å². The van der Waals surface area contributed by atoms with Crippen LogP contribution >= 0.6 is 0 Å². The SMILES string of the molecule is NCCc1nc(=O)[nH]c2c1CS(=O)(=O)CC2. The lowest BCUT2D eigenvalue weighted by atomic mass is 10.1. The maximum Gasteiger partial charge on any atom is 0.345 e. The fourth-order valence-electron chi connectivity index (χ4n) is 1.87. The van der Waals surface area contributed by atoms with Crippen molar-refractivity contribution in [3.05, 3.63) is 27.4 Å². The van der Waals surface area contributed by atoms with Gasteiger partial charge in [0.25, 0.3) is 0 Å². The van der Waals surface area contributed by atoms with Crippen LogP contribution in [0.25, 0.3) is 0 Å². The number of fused-ring (bicyclic) bond motifs is 1. The number of sulfone groups is 1. The van der Waals surface area contributed by atoms with E-state index < -0.39 is 15.5 Å². The van der Waals surface area contributed by atoms with Crippen molar-refractivity contribution in [3.63, 3.8) is 0 Å². The largest absolute Gasteiger partial charge is 0.345 e. The molecule has 0 spiro atoms. The molecule has 0 aromatic carbocycles. The predicted molar refractivity (Wildman–Crippen MR) is 58.8 cm³/mol. The molecule has 7 heteroatoms. The smallest absolute Gasteiger partial charge is 0.330 e. The molecule has 0 unspecified atom stereocenters. The van der Waals surface area contributed by atoms with Crippen LogP contribution < -0.4 is 11.4 Å². The van der Waals surface area contributed by atoms with E-state index in [0.29, 0.717) is 36.3 Å². The van der Waals surface area contributed by atoms with Crippen LogP contribution in [-0.4, -0.2) is 30.7 Å². The Hall–Kier alpha value is -1.21. The second kappa shape index (κ2) is 3.99. The van der Waals surface area contributed by atoms with Crippen LogP contribution in [0.2, 0.25) is 0 Å². The van der Waals surface area contributed by atoms with Crippen molar-refractivity contribution >= 4 is 9.84 Å². The molecule has 0 saturated heterocycles.